The fraction of sp³-hybridized carbons (Fsp3) is 0.333. The van der Waals surface area contributed by atoms with Gasteiger partial charge in [0.25, 0.3) is 0 Å². The zero-order chi connectivity index (χ0) is 13.0. The van der Waals surface area contributed by atoms with Crippen LogP contribution in [-0.2, 0) is 13.0 Å². The molecule has 0 aliphatic carbocycles. The first-order chi connectivity index (χ1) is 8.72. The van der Waals surface area contributed by atoms with E-state index in [2.05, 4.69) is 22.4 Å². The molecule has 2 aromatic rings. The van der Waals surface area contributed by atoms with E-state index in [1.165, 1.54) is 0 Å². The summed E-state index contributed by atoms with van der Waals surface area (Å²) in [5.41, 5.74) is 4.93. The van der Waals surface area contributed by atoms with E-state index >= 15 is 0 Å². The highest BCUT2D eigenvalue weighted by Gasteiger charge is 2.12. The number of hydrogen-bond donors (Lipinski definition) is 2. The maximum absolute atomic E-state index is 5.77. The fourth-order valence-corrected chi connectivity index (χ4v) is 1.90. The molecule has 1 atom stereocenters. The first-order valence-electron chi connectivity index (χ1n) is 5.82. The number of halogens is 1. The Kier molecular flexibility index (Phi) is 4.30. The molecule has 0 spiro atoms. The molecule has 6 heteroatoms. The molecule has 18 heavy (non-hydrogen) atoms. The van der Waals surface area contributed by atoms with Crippen LogP contribution < -0.4 is 11.3 Å². The normalized spacial score (nSPS) is 12.6. The van der Waals surface area contributed by atoms with Crippen LogP contribution in [0.5, 0.6) is 0 Å². The fourth-order valence-electron chi connectivity index (χ4n) is 1.79. The first kappa shape index (κ1) is 13.0. The van der Waals surface area contributed by atoms with Crippen molar-refractivity contribution in [2.75, 3.05) is 0 Å². The molecule has 3 N–H and O–H groups in total. The van der Waals surface area contributed by atoms with E-state index < -0.39 is 0 Å². The second kappa shape index (κ2) is 5.95. The van der Waals surface area contributed by atoms with Gasteiger partial charge in [-0.2, -0.15) is 5.10 Å². The van der Waals surface area contributed by atoms with E-state index in [1.54, 1.807) is 12.3 Å². The van der Waals surface area contributed by atoms with Crippen molar-refractivity contribution in [2.24, 2.45) is 5.84 Å². The summed E-state index contributed by atoms with van der Waals surface area (Å²) in [4.78, 5) is 4.06. The van der Waals surface area contributed by atoms with E-state index in [4.69, 9.17) is 17.4 Å². The van der Waals surface area contributed by atoms with Gasteiger partial charge in [-0.1, -0.05) is 17.7 Å². The Balaban J connectivity index is 2.11. The Hall–Kier alpha value is -1.43. The Morgan fingerprint density at radius 1 is 1.44 bits per heavy atom. The Labute approximate surface area is 111 Å². The summed E-state index contributed by atoms with van der Waals surface area (Å²) < 4.78 is 1.89. The Morgan fingerprint density at radius 3 is 2.83 bits per heavy atom. The lowest BCUT2D eigenvalue weighted by molar-refractivity contribution is 0.549. The standard InChI is InChI=1S/C12H16ClN5/c1-2-18-8-9(6-16-18)5-11(17-14)10-3-4-12(13)15-7-10/h3-4,6-8,11,17H,2,5,14H2,1H3. The number of aromatic nitrogens is 3. The quantitative estimate of drug-likeness (QED) is 0.490. The second-order valence-electron chi connectivity index (χ2n) is 4.04. The van der Waals surface area contributed by atoms with Crippen molar-refractivity contribution in [3.05, 3.63) is 47.0 Å². The lowest BCUT2D eigenvalue weighted by atomic mass is 10.0. The molecule has 1 unspecified atom stereocenters. The minimum atomic E-state index is 0.00396. The van der Waals surface area contributed by atoms with Crippen molar-refractivity contribution in [2.45, 2.75) is 25.9 Å². The Bertz CT molecular complexity index is 493. The summed E-state index contributed by atoms with van der Waals surface area (Å²) in [6.45, 7) is 2.92. The van der Waals surface area contributed by atoms with Crippen molar-refractivity contribution in [3.63, 3.8) is 0 Å². The van der Waals surface area contributed by atoms with Gasteiger partial charge in [0.05, 0.1) is 12.2 Å². The molecule has 2 heterocycles. The van der Waals surface area contributed by atoms with Crippen LogP contribution in [-0.4, -0.2) is 14.8 Å². The third-order valence-corrected chi connectivity index (χ3v) is 3.03. The van der Waals surface area contributed by atoms with Crippen LogP contribution in [0.1, 0.15) is 24.1 Å². The lowest BCUT2D eigenvalue weighted by Crippen LogP contribution is -2.29. The van der Waals surface area contributed by atoms with Gasteiger partial charge in [0.15, 0.2) is 0 Å². The minimum absolute atomic E-state index is 0.00396. The molecular weight excluding hydrogens is 250 g/mol. The molecule has 0 fully saturated rings. The number of rotatable bonds is 5. The molecule has 0 saturated heterocycles. The molecule has 0 amide bonds. The van der Waals surface area contributed by atoms with Crippen LogP contribution in [0.15, 0.2) is 30.7 Å². The minimum Gasteiger partial charge on any atom is -0.273 e. The predicted octanol–water partition coefficient (Wildman–Crippen LogP) is 1.70. The molecule has 2 aromatic heterocycles. The monoisotopic (exact) mass is 265 g/mol. The van der Waals surface area contributed by atoms with Crippen LogP contribution in [0, 0.1) is 0 Å². The van der Waals surface area contributed by atoms with Gasteiger partial charge in [0.2, 0.25) is 0 Å². The molecule has 5 nitrogen and oxygen atoms in total. The van der Waals surface area contributed by atoms with Gasteiger partial charge in [-0.3, -0.25) is 16.0 Å². The second-order valence-corrected chi connectivity index (χ2v) is 4.43. The zero-order valence-corrected chi connectivity index (χ0v) is 10.9. The van der Waals surface area contributed by atoms with Gasteiger partial charge >= 0.3 is 0 Å². The lowest BCUT2D eigenvalue weighted by Gasteiger charge is -2.14. The van der Waals surface area contributed by atoms with Gasteiger partial charge < -0.3 is 0 Å². The molecule has 0 aromatic carbocycles. The van der Waals surface area contributed by atoms with E-state index in [0.29, 0.717) is 5.15 Å². The number of aryl methyl sites for hydroxylation is 1. The molecule has 96 valence electrons. The van der Waals surface area contributed by atoms with E-state index in [0.717, 1.165) is 24.1 Å². The van der Waals surface area contributed by atoms with Gasteiger partial charge in [-0.05, 0) is 30.5 Å². The summed E-state index contributed by atoms with van der Waals surface area (Å²) in [5, 5.41) is 4.72. The summed E-state index contributed by atoms with van der Waals surface area (Å²) in [6.07, 6.45) is 6.38. The summed E-state index contributed by atoms with van der Waals surface area (Å²) >= 11 is 5.77. The van der Waals surface area contributed by atoms with Gasteiger partial charge in [0, 0.05) is 18.9 Å². The summed E-state index contributed by atoms with van der Waals surface area (Å²) in [7, 11) is 0. The number of hydrogen-bond acceptors (Lipinski definition) is 4. The van der Waals surface area contributed by atoms with E-state index in [-0.39, 0.29) is 6.04 Å². The summed E-state index contributed by atoms with van der Waals surface area (Å²) in [5.74, 6) is 5.59. The molecule has 2 rings (SSSR count). The number of nitrogens with two attached hydrogens (primary N) is 1. The third-order valence-electron chi connectivity index (χ3n) is 2.80. The third kappa shape index (κ3) is 3.07. The highest BCUT2D eigenvalue weighted by atomic mass is 35.5. The molecular formula is C12H16ClN5. The largest absolute Gasteiger partial charge is 0.273 e. The topological polar surface area (TPSA) is 68.8 Å². The zero-order valence-electron chi connectivity index (χ0n) is 10.2. The first-order valence-corrected chi connectivity index (χ1v) is 6.19. The van der Waals surface area contributed by atoms with Crippen molar-refractivity contribution >= 4 is 11.6 Å². The van der Waals surface area contributed by atoms with Gasteiger partial charge in [0.1, 0.15) is 5.15 Å². The maximum atomic E-state index is 5.77. The number of hydrazine groups is 1. The summed E-state index contributed by atoms with van der Waals surface area (Å²) in [6, 6.07) is 3.69. The van der Waals surface area contributed by atoms with Crippen molar-refractivity contribution in [1.82, 2.24) is 20.2 Å². The van der Waals surface area contributed by atoms with Crippen LogP contribution in [0.25, 0.3) is 0 Å². The average Bonchev–Trinajstić information content (AvgIpc) is 2.85. The van der Waals surface area contributed by atoms with Crippen molar-refractivity contribution in [1.29, 1.82) is 0 Å². The van der Waals surface area contributed by atoms with Crippen molar-refractivity contribution in [3.8, 4) is 0 Å². The predicted molar refractivity (Wildman–Crippen MR) is 70.9 cm³/mol. The number of pyridine rings is 1. The number of nitrogens with zero attached hydrogens (tertiary/aromatic N) is 3. The smallest absolute Gasteiger partial charge is 0.129 e. The average molecular weight is 266 g/mol. The maximum Gasteiger partial charge on any atom is 0.129 e. The Morgan fingerprint density at radius 2 is 2.28 bits per heavy atom. The molecule has 0 aliphatic rings. The number of nitrogens with one attached hydrogen (secondary N) is 1. The molecule has 0 bridgehead atoms. The highest BCUT2D eigenvalue weighted by molar-refractivity contribution is 6.29. The van der Waals surface area contributed by atoms with Gasteiger partial charge in [-0.15, -0.1) is 0 Å². The van der Waals surface area contributed by atoms with Gasteiger partial charge in [-0.25, -0.2) is 4.98 Å². The van der Waals surface area contributed by atoms with Crippen LogP contribution >= 0.6 is 11.6 Å². The van der Waals surface area contributed by atoms with Crippen LogP contribution in [0.3, 0.4) is 0 Å². The molecule has 0 radical (unpaired) electrons. The van der Waals surface area contributed by atoms with Crippen LogP contribution in [0.4, 0.5) is 0 Å². The van der Waals surface area contributed by atoms with Crippen LogP contribution in [0.2, 0.25) is 5.15 Å². The van der Waals surface area contributed by atoms with E-state index in [9.17, 15) is 0 Å². The van der Waals surface area contributed by atoms with Crippen molar-refractivity contribution < 1.29 is 0 Å². The molecule has 0 saturated carbocycles. The highest BCUT2D eigenvalue weighted by Crippen LogP contribution is 2.18. The molecule has 0 aliphatic heterocycles. The SMILES string of the molecule is CCn1cc(CC(NN)c2ccc(Cl)nc2)cn1. The van der Waals surface area contributed by atoms with E-state index in [1.807, 2.05) is 23.1 Å².